The molecule has 1 atom stereocenters. The van der Waals surface area contributed by atoms with Gasteiger partial charge in [0, 0.05) is 19.3 Å². The number of carbonyl (C=O) groups is 3. The van der Waals surface area contributed by atoms with Gasteiger partial charge in [-0.25, -0.2) is 0 Å². The monoisotopic (exact) mass is 1030 g/mol. The third-order valence-corrected chi connectivity index (χ3v) is 15.6. The van der Waals surface area contributed by atoms with E-state index < -0.39 is 6.10 Å². The van der Waals surface area contributed by atoms with Gasteiger partial charge < -0.3 is 14.2 Å². The van der Waals surface area contributed by atoms with Gasteiger partial charge in [-0.2, -0.15) is 0 Å². The molecule has 1 unspecified atom stereocenters. The molecule has 0 heterocycles. The fraction of sp³-hybridized carbons (Fsp3) is 0.955. The number of carbonyl (C=O) groups excluding carboxylic acids is 3. The first-order valence-corrected chi connectivity index (χ1v) is 33.5. The lowest BCUT2D eigenvalue weighted by Crippen LogP contribution is -2.30. The van der Waals surface area contributed by atoms with Crippen molar-refractivity contribution >= 4 is 17.9 Å². The summed E-state index contributed by atoms with van der Waals surface area (Å²) < 4.78 is 17.0. The minimum atomic E-state index is -0.762. The quantitative estimate of drug-likeness (QED) is 0.0343. The van der Waals surface area contributed by atoms with Gasteiger partial charge >= 0.3 is 17.9 Å². The van der Waals surface area contributed by atoms with Crippen LogP contribution in [0.4, 0.5) is 0 Å². The van der Waals surface area contributed by atoms with E-state index in [-0.39, 0.29) is 31.1 Å². The Hall–Kier alpha value is -1.59. The average Bonchev–Trinajstić information content (AvgIpc) is 3.39. The molecule has 0 aromatic carbocycles. The van der Waals surface area contributed by atoms with Crippen LogP contribution in [0.25, 0.3) is 0 Å². The Kier molecular flexibility index (Phi) is 61.6. The maximum absolute atomic E-state index is 12.9. The predicted molar refractivity (Wildman–Crippen MR) is 317 cm³/mol. The van der Waals surface area contributed by atoms with Crippen LogP contribution in [-0.2, 0) is 28.6 Å². The Labute approximate surface area is 457 Å². The lowest BCUT2D eigenvalue weighted by Gasteiger charge is -2.18. The summed E-state index contributed by atoms with van der Waals surface area (Å²) >= 11 is 0. The van der Waals surface area contributed by atoms with Crippen LogP contribution >= 0.6 is 0 Å². The number of hydrogen-bond donors (Lipinski definition) is 0. The van der Waals surface area contributed by atoms with Crippen molar-refractivity contribution in [2.45, 2.75) is 399 Å². The molecule has 0 bridgehead atoms. The third-order valence-electron chi connectivity index (χ3n) is 15.6. The van der Waals surface area contributed by atoms with Crippen molar-refractivity contribution in [3.8, 4) is 0 Å². The minimum Gasteiger partial charge on any atom is -0.462 e. The van der Waals surface area contributed by atoms with Crippen LogP contribution in [0.3, 0.4) is 0 Å². The molecule has 434 valence electrons. The second kappa shape index (κ2) is 62.9. The van der Waals surface area contributed by atoms with Gasteiger partial charge in [0.15, 0.2) is 6.10 Å². The van der Waals surface area contributed by atoms with E-state index in [4.69, 9.17) is 14.2 Å². The molecule has 6 nitrogen and oxygen atoms in total. The molecular weight excluding hydrogens is 901 g/mol. The molecule has 0 N–H and O–H groups in total. The summed E-state index contributed by atoms with van der Waals surface area (Å²) in [5, 5.41) is 0. The van der Waals surface area contributed by atoms with Crippen LogP contribution in [0.1, 0.15) is 393 Å². The first kappa shape index (κ1) is 71.4. The van der Waals surface area contributed by atoms with Crippen molar-refractivity contribution in [1.82, 2.24) is 0 Å². The minimum absolute atomic E-state index is 0.0603. The molecule has 0 radical (unpaired) electrons. The molecule has 0 fully saturated rings. The third kappa shape index (κ3) is 61.1. The Balaban J connectivity index is 4.24. The highest BCUT2D eigenvalue weighted by Crippen LogP contribution is 2.19. The van der Waals surface area contributed by atoms with E-state index in [1.165, 1.54) is 295 Å². The first-order chi connectivity index (χ1) is 36.0. The zero-order valence-electron chi connectivity index (χ0n) is 50.0. The van der Waals surface area contributed by atoms with Gasteiger partial charge in [0.05, 0.1) is 0 Å². The van der Waals surface area contributed by atoms with Gasteiger partial charge in [-0.15, -0.1) is 0 Å². The number of ether oxygens (including phenoxy) is 3. The number of rotatable bonds is 63. The maximum Gasteiger partial charge on any atom is 0.306 e. The Bertz CT molecular complexity index is 1090. The largest absolute Gasteiger partial charge is 0.462 e. The molecule has 0 rings (SSSR count). The molecule has 6 heteroatoms. The standard InChI is InChI=1S/C67H130O6/c1-4-7-10-13-16-19-22-25-28-30-32-33-35-37-40-42-45-48-51-54-57-60-66(69)72-63-64(73-67(70)61-58-55-52-49-46-43-38-27-24-21-18-15-12-9-6-3)62-71-65(68)59-56-53-50-47-44-41-39-36-34-31-29-26-23-20-17-14-11-8-5-2/h64H,4-63H2,1-3H3. The second-order valence-electron chi connectivity index (χ2n) is 23.1. The predicted octanol–water partition coefficient (Wildman–Crippen LogP) is 22.7. The van der Waals surface area contributed by atoms with Crippen molar-refractivity contribution in [2.75, 3.05) is 13.2 Å². The lowest BCUT2D eigenvalue weighted by atomic mass is 10.0. The summed E-state index contributed by atoms with van der Waals surface area (Å²) in [7, 11) is 0. The van der Waals surface area contributed by atoms with Crippen LogP contribution in [0.2, 0.25) is 0 Å². The second-order valence-corrected chi connectivity index (χ2v) is 23.1. The summed E-state index contributed by atoms with van der Waals surface area (Å²) in [6.07, 6.45) is 72.6. The maximum atomic E-state index is 12.9. The normalized spacial score (nSPS) is 11.9. The molecule has 0 aliphatic heterocycles. The van der Waals surface area contributed by atoms with Crippen LogP contribution in [0.15, 0.2) is 0 Å². The Morgan fingerprint density at radius 1 is 0.219 bits per heavy atom. The summed E-state index contributed by atoms with van der Waals surface area (Å²) in [5.74, 6) is -0.821. The van der Waals surface area contributed by atoms with E-state index in [0.29, 0.717) is 19.3 Å². The van der Waals surface area contributed by atoms with Crippen molar-refractivity contribution in [1.29, 1.82) is 0 Å². The smallest absolute Gasteiger partial charge is 0.306 e. The van der Waals surface area contributed by atoms with Crippen molar-refractivity contribution in [3.05, 3.63) is 0 Å². The van der Waals surface area contributed by atoms with Crippen LogP contribution in [0, 0.1) is 0 Å². The number of unbranched alkanes of at least 4 members (excludes halogenated alkanes) is 52. The van der Waals surface area contributed by atoms with Crippen molar-refractivity contribution in [3.63, 3.8) is 0 Å². The van der Waals surface area contributed by atoms with Crippen LogP contribution < -0.4 is 0 Å². The van der Waals surface area contributed by atoms with E-state index in [1.54, 1.807) is 0 Å². The van der Waals surface area contributed by atoms with Gasteiger partial charge in [0.1, 0.15) is 13.2 Å². The summed E-state index contributed by atoms with van der Waals surface area (Å²) in [6.45, 7) is 6.74. The molecule has 0 aromatic heterocycles. The molecule has 0 saturated heterocycles. The molecule has 0 saturated carbocycles. The van der Waals surface area contributed by atoms with Crippen molar-refractivity contribution < 1.29 is 28.6 Å². The van der Waals surface area contributed by atoms with Gasteiger partial charge in [-0.05, 0) is 19.3 Å². The fourth-order valence-electron chi connectivity index (χ4n) is 10.6. The molecule has 73 heavy (non-hydrogen) atoms. The van der Waals surface area contributed by atoms with Gasteiger partial charge in [0.25, 0.3) is 0 Å². The van der Waals surface area contributed by atoms with E-state index >= 15 is 0 Å². The molecule has 0 spiro atoms. The average molecular weight is 1030 g/mol. The highest BCUT2D eigenvalue weighted by Gasteiger charge is 2.19. The molecule has 0 aliphatic rings. The van der Waals surface area contributed by atoms with E-state index in [1.807, 2.05) is 0 Å². The Morgan fingerprint density at radius 3 is 0.548 bits per heavy atom. The SMILES string of the molecule is CCCCCCCCCCCCCCCCCCCCCCCC(=O)OCC(COC(=O)CCCCCCCCCCCCCCCCCCCCC)OC(=O)CCCCCCCCCCCCCCCCC. The van der Waals surface area contributed by atoms with Gasteiger partial charge in [-0.3, -0.25) is 14.4 Å². The Morgan fingerprint density at radius 2 is 0.370 bits per heavy atom. The highest BCUT2D eigenvalue weighted by atomic mass is 16.6. The topological polar surface area (TPSA) is 78.9 Å². The van der Waals surface area contributed by atoms with E-state index in [9.17, 15) is 14.4 Å². The summed E-state index contributed by atoms with van der Waals surface area (Å²) in [5.41, 5.74) is 0. The van der Waals surface area contributed by atoms with E-state index in [0.717, 1.165) is 57.8 Å². The molecule has 0 aliphatic carbocycles. The first-order valence-electron chi connectivity index (χ1n) is 33.5. The van der Waals surface area contributed by atoms with E-state index in [2.05, 4.69) is 20.8 Å². The summed E-state index contributed by atoms with van der Waals surface area (Å²) in [4.78, 5) is 38.4. The lowest BCUT2D eigenvalue weighted by molar-refractivity contribution is -0.167. The summed E-state index contributed by atoms with van der Waals surface area (Å²) in [6, 6.07) is 0. The van der Waals surface area contributed by atoms with Crippen LogP contribution in [0.5, 0.6) is 0 Å². The molecule has 0 amide bonds. The number of hydrogen-bond acceptors (Lipinski definition) is 6. The fourth-order valence-corrected chi connectivity index (χ4v) is 10.6. The van der Waals surface area contributed by atoms with Crippen molar-refractivity contribution in [2.24, 2.45) is 0 Å². The van der Waals surface area contributed by atoms with Gasteiger partial charge in [-0.1, -0.05) is 355 Å². The highest BCUT2D eigenvalue weighted by molar-refractivity contribution is 5.71. The number of esters is 3. The van der Waals surface area contributed by atoms with Crippen LogP contribution in [-0.4, -0.2) is 37.2 Å². The van der Waals surface area contributed by atoms with Gasteiger partial charge in [0.2, 0.25) is 0 Å². The zero-order valence-corrected chi connectivity index (χ0v) is 50.0. The molecule has 0 aromatic rings. The molecular formula is C67H130O6. The zero-order chi connectivity index (χ0) is 52.9.